The number of anilines is 1. The van der Waals surface area contributed by atoms with Crippen LogP contribution in [-0.4, -0.2) is 22.8 Å². The minimum Gasteiger partial charge on any atom is -0.497 e. The Morgan fingerprint density at radius 3 is 2.71 bits per heavy atom. The number of methoxy groups -OCH3 is 1. The number of benzene rings is 1. The van der Waals surface area contributed by atoms with E-state index in [0.29, 0.717) is 12.2 Å². The zero-order valence-corrected chi connectivity index (χ0v) is 14.5. The van der Waals surface area contributed by atoms with Crippen LogP contribution in [0.2, 0.25) is 0 Å². The molecule has 0 aliphatic carbocycles. The van der Waals surface area contributed by atoms with Crippen molar-refractivity contribution in [1.82, 2.24) is 9.78 Å². The molecule has 0 saturated carbocycles. The zero-order valence-electron chi connectivity index (χ0n) is 13.7. The number of hydrogen-bond acceptors (Lipinski definition) is 4. The Hall–Kier alpha value is -2.60. The first-order valence-corrected chi connectivity index (χ1v) is 8.63. The summed E-state index contributed by atoms with van der Waals surface area (Å²) in [6.07, 6.45) is 1.19. The highest BCUT2D eigenvalue weighted by atomic mass is 32.1. The van der Waals surface area contributed by atoms with E-state index in [1.165, 1.54) is 0 Å². The first-order chi connectivity index (χ1) is 11.7. The number of nitrogens with one attached hydrogen (secondary N) is 1. The largest absolute Gasteiger partial charge is 0.497 e. The Balaban J connectivity index is 1.77. The quantitative estimate of drug-likeness (QED) is 0.744. The molecule has 1 amide bonds. The smallest absolute Gasteiger partial charge is 0.230 e. The third-order valence-corrected chi connectivity index (χ3v) is 4.52. The lowest BCUT2D eigenvalue weighted by molar-refractivity contribution is -0.115. The highest BCUT2D eigenvalue weighted by molar-refractivity contribution is 7.10. The number of amides is 1. The van der Waals surface area contributed by atoms with Crippen LogP contribution in [0.1, 0.15) is 17.5 Å². The molecule has 0 radical (unpaired) electrons. The fourth-order valence-electron chi connectivity index (χ4n) is 2.44. The molecule has 0 fully saturated rings. The van der Waals surface area contributed by atoms with E-state index in [4.69, 9.17) is 4.74 Å². The highest BCUT2D eigenvalue weighted by Gasteiger charge is 2.12. The Kier molecular flexibility index (Phi) is 4.96. The summed E-state index contributed by atoms with van der Waals surface area (Å²) in [4.78, 5) is 13.2. The van der Waals surface area contributed by atoms with E-state index in [1.807, 2.05) is 52.5 Å². The maximum absolute atomic E-state index is 12.1. The van der Waals surface area contributed by atoms with Crippen LogP contribution >= 0.6 is 11.3 Å². The summed E-state index contributed by atoms with van der Waals surface area (Å²) in [7, 11) is 1.64. The van der Waals surface area contributed by atoms with Crippen LogP contribution in [0.15, 0.2) is 47.8 Å². The van der Waals surface area contributed by atoms with Gasteiger partial charge in [-0.05, 0) is 42.1 Å². The summed E-state index contributed by atoms with van der Waals surface area (Å²) in [6, 6.07) is 13.5. The molecule has 0 aliphatic rings. The predicted octanol–water partition coefficient (Wildman–Crippen LogP) is 3.69. The van der Waals surface area contributed by atoms with E-state index in [-0.39, 0.29) is 5.91 Å². The van der Waals surface area contributed by atoms with E-state index in [2.05, 4.69) is 17.3 Å². The molecule has 124 valence electrons. The summed E-state index contributed by atoms with van der Waals surface area (Å²) in [5.41, 5.74) is 1.97. The third kappa shape index (κ3) is 3.65. The highest BCUT2D eigenvalue weighted by Crippen LogP contribution is 2.19. The van der Waals surface area contributed by atoms with Crippen molar-refractivity contribution in [2.45, 2.75) is 19.8 Å². The van der Waals surface area contributed by atoms with Crippen LogP contribution in [0.3, 0.4) is 0 Å². The number of carbonyl (C=O) groups excluding carboxylic acids is 1. The minimum atomic E-state index is -0.0560. The Morgan fingerprint density at radius 1 is 1.29 bits per heavy atom. The van der Waals surface area contributed by atoms with Crippen LogP contribution < -0.4 is 10.1 Å². The van der Waals surface area contributed by atoms with Gasteiger partial charge in [-0.15, -0.1) is 16.4 Å². The molecule has 3 aromatic rings. The summed E-state index contributed by atoms with van der Waals surface area (Å²) in [6.45, 7) is 2.06. The van der Waals surface area contributed by atoms with Gasteiger partial charge in [0.2, 0.25) is 5.91 Å². The van der Waals surface area contributed by atoms with Gasteiger partial charge in [-0.2, -0.15) is 0 Å². The van der Waals surface area contributed by atoms with Crippen molar-refractivity contribution in [3.05, 3.63) is 58.4 Å². The Bertz CT molecular complexity index is 807. The molecule has 5 nitrogen and oxygen atoms in total. The number of aryl methyl sites for hydroxylation is 1. The summed E-state index contributed by atoms with van der Waals surface area (Å²) < 4.78 is 7.03. The van der Waals surface area contributed by atoms with Crippen LogP contribution in [0.25, 0.3) is 5.69 Å². The Morgan fingerprint density at radius 2 is 2.08 bits per heavy atom. The lowest BCUT2D eigenvalue weighted by Crippen LogP contribution is -2.14. The average Bonchev–Trinajstić information content (AvgIpc) is 3.24. The zero-order chi connectivity index (χ0) is 16.9. The van der Waals surface area contributed by atoms with Gasteiger partial charge in [-0.1, -0.05) is 13.0 Å². The molecule has 2 aromatic heterocycles. The van der Waals surface area contributed by atoms with Crippen molar-refractivity contribution in [2.24, 2.45) is 0 Å². The topological polar surface area (TPSA) is 56.2 Å². The number of ether oxygens (including phenoxy) is 1. The second kappa shape index (κ2) is 7.31. The monoisotopic (exact) mass is 341 g/mol. The van der Waals surface area contributed by atoms with Crippen LogP contribution in [-0.2, 0) is 17.6 Å². The minimum absolute atomic E-state index is 0.0560. The van der Waals surface area contributed by atoms with Gasteiger partial charge >= 0.3 is 0 Å². The molecule has 1 aromatic carbocycles. The molecule has 0 unspecified atom stereocenters. The van der Waals surface area contributed by atoms with E-state index in [1.54, 1.807) is 18.4 Å². The van der Waals surface area contributed by atoms with Gasteiger partial charge in [0, 0.05) is 16.6 Å². The summed E-state index contributed by atoms with van der Waals surface area (Å²) in [5, 5.41) is 9.37. The van der Waals surface area contributed by atoms with E-state index < -0.39 is 0 Å². The molecular weight excluding hydrogens is 322 g/mol. The van der Waals surface area contributed by atoms with Crippen LogP contribution in [0, 0.1) is 0 Å². The number of carbonyl (C=O) groups is 1. The number of aromatic nitrogens is 2. The number of rotatable bonds is 6. The van der Waals surface area contributed by atoms with Gasteiger partial charge in [0.05, 0.1) is 19.2 Å². The van der Waals surface area contributed by atoms with Crippen molar-refractivity contribution in [1.29, 1.82) is 0 Å². The molecule has 0 atom stereocenters. The molecule has 6 heteroatoms. The second-order valence-electron chi connectivity index (χ2n) is 5.29. The van der Waals surface area contributed by atoms with Crippen molar-refractivity contribution < 1.29 is 9.53 Å². The lowest BCUT2D eigenvalue weighted by atomic mass is 10.2. The first kappa shape index (κ1) is 16.3. The molecule has 24 heavy (non-hydrogen) atoms. The lowest BCUT2D eigenvalue weighted by Gasteiger charge is -2.06. The normalized spacial score (nSPS) is 10.6. The molecular formula is C18H19N3O2S. The fraction of sp³-hybridized carbons (Fsp3) is 0.222. The van der Waals surface area contributed by atoms with Gasteiger partial charge in [0.1, 0.15) is 5.75 Å². The van der Waals surface area contributed by atoms with Crippen molar-refractivity contribution in [3.8, 4) is 11.4 Å². The summed E-state index contributed by atoms with van der Waals surface area (Å²) >= 11 is 1.58. The SMILES string of the molecule is CCc1cc(NC(=O)Cc2cccs2)nn1-c1ccc(OC)cc1. The van der Waals surface area contributed by atoms with Gasteiger partial charge < -0.3 is 10.1 Å². The Labute approximate surface area is 144 Å². The molecule has 3 rings (SSSR count). The predicted molar refractivity (Wildman–Crippen MR) is 96.1 cm³/mol. The fourth-order valence-corrected chi connectivity index (χ4v) is 3.14. The third-order valence-electron chi connectivity index (χ3n) is 3.64. The van der Waals surface area contributed by atoms with Crippen LogP contribution in [0.5, 0.6) is 5.75 Å². The number of thiophene rings is 1. The first-order valence-electron chi connectivity index (χ1n) is 7.75. The standard InChI is InChI=1S/C18H19N3O2S/c1-3-13-11-17(19-18(22)12-16-5-4-10-24-16)20-21(13)14-6-8-15(23-2)9-7-14/h4-11H,3,12H2,1-2H3,(H,19,20,22). The molecule has 0 aliphatic heterocycles. The molecule has 0 bridgehead atoms. The molecule has 2 heterocycles. The van der Waals surface area contributed by atoms with Crippen molar-refractivity contribution in [2.75, 3.05) is 12.4 Å². The number of hydrogen-bond donors (Lipinski definition) is 1. The van der Waals surface area contributed by atoms with E-state index in [0.717, 1.165) is 28.4 Å². The van der Waals surface area contributed by atoms with Gasteiger partial charge in [-0.3, -0.25) is 4.79 Å². The maximum atomic E-state index is 12.1. The summed E-state index contributed by atoms with van der Waals surface area (Å²) in [5.74, 6) is 1.32. The van der Waals surface area contributed by atoms with Gasteiger partial charge in [-0.25, -0.2) is 4.68 Å². The van der Waals surface area contributed by atoms with Gasteiger partial charge in [0.15, 0.2) is 5.82 Å². The van der Waals surface area contributed by atoms with Crippen molar-refractivity contribution >= 4 is 23.1 Å². The second-order valence-corrected chi connectivity index (χ2v) is 6.32. The molecule has 0 spiro atoms. The number of nitrogens with zero attached hydrogens (tertiary/aromatic N) is 2. The molecule has 1 N–H and O–H groups in total. The van der Waals surface area contributed by atoms with E-state index in [9.17, 15) is 4.79 Å². The van der Waals surface area contributed by atoms with Crippen LogP contribution in [0.4, 0.5) is 5.82 Å². The van der Waals surface area contributed by atoms with Gasteiger partial charge in [0.25, 0.3) is 0 Å². The molecule has 0 saturated heterocycles. The van der Waals surface area contributed by atoms with E-state index >= 15 is 0 Å². The maximum Gasteiger partial charge on any atom is 0.230 e. The van der Waals surface area contributed by atoms with Crippen molar-refractivity contribution in [3.63, 3.8) is 0 Å². The average molecular weight is 341 g/mol.